The summed E-state index contributed by atoms with van der Waals surface area (Å²) in [5, 5.41) is 3.12. The van der Waals surface area contributed by atoms with Crippen molar-refractivity contribution in [2.24, 2.45) is 0 Å². The molecule has 6 heteroatoms. The van der Waals surface area contributed by atoms with Gasteiger partial charge in [-0.25, -0.2) is 4.98 Å². The predicted octanol–water partition coefficient (Wildman–Crippen LogP) is 5.32. The van der Waals surface area contributed by atoms with E-state index in [2.05, 4.69) is 16.0 Å². The van der Waals surface area contributed by atoms with Crippen LogP contribution in [0.15, 0.2) is 78.9 Å². The molecule has 1 N–H and O–H groups in total. The van der Waals surface area contributed by atoms with Gasteiger partial charge in [-0.05, 0) is 61.7 Å². The van der Waals surface area contributed by atoms with Crippen molar-refractivity contribution in [3.8, 4) is 11.5 Å². The van der Waals surface area contributed by atoms with Crippen LogP contribution in [0, 0.1) is 0 Å². The topological polar surface area (TPSA) is 65.4 Å². The van der Waals surface area contributed by atoms with E-state index in [0.29, 0.717) is 13.0 Å². The van der Waals surface area contributed by atoms with Gasteiger partial charge >= 0.3 is 0 Å². The summed E-state index contributed by atoms with van der Waals surface area (Å²) in [6, 6.07) is 25.3. The van der Waals surface area contributed by atoms with E-state index in [0.717, 1.165) is 53.3 Å². The van der Waals surface area contributed by atoms with Gasteiger partial charge in [0.2, 0.25) is 5.91 Å². The molecule has 4 aromatic rings. The number of imidazole rings is 1. The minimum atomic E-state index is -0.210. The van der Waals surface area contributed by atoms with Crippen molar-refractivity contribution in [3.05, 3.63) is 90.3 Å². The molecule has 0 aliphatic heterocycles. The van der Waals surface area contributed by atoms with Crippen LogP contribution in [0.4, 0.5) is 0 Å². The number of ether oxygens (including phenoxy) is 2. The highest BCUT2D eigenvalue weighted by Gasteiger charge is 2.18. The zero-order chi connectivity index (χ0) is 23.8. The number of fused-ring (bicyclic) bond motifs is 1. The molecule has 0 saturated carbocycles. The van der Waals surface area contributed by atoms with Crippen LogP contribution < -0.4 is 14.8 Å². The van der Waals surface area contributed by atoms with Crippen molar-refractivity contribution in [2.45, 2.75) is 38.8 Å². The zero-order valence-electron chi connectivity index (χ0n) is 19.7. The number of hydrogen-bond acceptors (Lipinski definition) is 4. The van der Waals surface area contributed by atoms with E-state index >= 15 is 0 Å². The van der Waals surface area contributed by atoms with Gasteiger partial charge in [0.15, 0.2) is 0 Å². The summed E-state index contributed by atoms with van der Waals surface area (Å²) in [7, 11) is 1.63. The van der Waals surface area contributed by atoms with Crippen LogP contribution >= 0.6 is 0 Å². The lowest BCUT2D eigenvalue weighted by atomic mass is 10.1. The number of nitrogens with one attached hydrogen (secondary N) is 1. The third-order valence-electron chi connectivity index (χ3n) is 5.76. The summed E-state index contributed by atoms with van der Waals surface area (Å²) in [4.78, 5) is 17.6. The third kappa shape index (κ3) is 5.95. The summed E-state index contributed by atoms with van der Waals surface area (Å²) >= 11 is 0. The maximum atomic E-state index is 12.7. The number of para-hydroxylation sites is 3. The molecule has 6 nitrogen and oxygen atoms in total. The average Bonchev–Trinajstić information content (AvgIpc) is 3.24. The number of aromatic nitrogens is 2. The summed E-state index contributed by atoms with van der Waals surface area (Å²) in [5.74, 6) is 2.51. The number of benzene rings is 3. The molecule has 0 saturated heterocycles. The van der Waals surface area contributed by atoms with Crippen molar-refractivity contribution in [3.63, 3.8) is 0 Å². The Balaban J connectivity index is 1.38. The molecule has 1 unspecified atom stereocenters. The van der Waals surface area contributed by atoms with Crippen molar-refractivity contribution in [1.82, 2.24) is 14.9 Å². The number of aryl methyl sites for hydroxylation is 1. The molecule has 0 radical (unpaired) electrons. The van der Waals surface area contributed by atoms with E-state index in [9.17, 15) is 4.79 Å². The first-order chi connectivity index (χ1) is 16.6. The molecule has 1 atom stereocenters. The standard InChI is InChI=1S/C28H31N3O3/c1-21(29-27(32)20-22-14-16-23(33-2)17-15-22)28-30-25-12-6-7-13-26(25)31(28)18-8-9-19-34-24-10-4-3-5-11-24/h3-7,10-17,21H,8-9,18-20H2,1-2H3,(H,29,32). The Hall–Kier alpha value is -3.80. The van der Waals surface area contributed by atoms with E-state index in [1.807, 2.05) is 79.7 Å². The van der Waals surface area contributed by atoms with Crippen molar-refractivity contribution < 1.29 is 14.3 Å². The van der Waals surface area contributed by atoms with E-state index in [4.69, 9.17) is 14.5 Å². The Morgan fingerprint density at radius 3 is 2.44 bits per heavy atom. The molecule has 4 rings (SSSR count). The Bertz CT molecular complexity index is 1200. The number of nitrogens with zero attached hydrogens (tertiary/aromatic N) is 2. The normalized spacial score (nSPS) is 11.8. The fraction of sp³-hybridized carbons (Fsp3) is 0.286. The maximum Gasteiger partial charge on any atom is 0.224 e. The van der Waals surface area contributed by atoms with Crippen LogP contribution in [0.5, 0.6) is 11.5 Å². The van der Waals surface area contributed by atoms with Crippen molar-refractivity contribution in [2.75, 3.05) is 13.7 Å². The minimum Gasteiger partial charge on any atom is -0.497 e. The van der Waals surface area contributed by atoms with E-state index in [1.165, 1.54) is 0 Å². The number of rotatable bonds is 11. The fourth-order valence-corrected chi connectivity index (χ4v) is 4.02. The summed E-state index contributed by atoms with van der Waals surface area (Å²) in [6.07, 6.45) is 2.19. The van der Waals surface area contributed by atoms with Gasteiger partial charge < -0.3 is 19.4 Å². The Kier molecular flexibility index (Phi) is 7.81. The smallest absolute Gasteiger partial charge is 0.224 e. The second-order valence-corrected chi connectivity index (χ2v) is 8.29. The highest BCUT2D eigenvalue weighted by Crippen LogP contribution is 2.22. The molecular formula is C28H31N3O3. The number of methoxy groups -OCH3 is 1. The molecule has 3 aromatic carbocycles. The highest BCUT2D eigenvalue weighted by atomic mass is 16.5. The molecule has 0 spiro atoms. The Labute approximate surface area is 200 Å². The van der Waals surface area contributed by atoms with Crippen LogP contribution in [-0.4, -0.2) is 29.2 Å². The number of amides is 1. The second kappa shape index (κ2) is 11.4. The maximum absolute atomic E-state index is 12.7. The van der Waals surface area contributed by atoms with E-state index in [1.54, 1.807) is 7.11 Å². The minimum absolute atomic E-state index is 0.0347. The molecule has 0 fully saturated rings. The first-order valence-corrected chi connectivity index (χ1v) is 11.7. The lowest BCUT2D eigenvalue weighted by Gasteiger charge is -2.17. The summed E-state index contributed by atoms with van der Waals surface area (Å²) in [6.45, 7) is 3.47. The quantitative estimate of drug-likeness (QED) is 0.310. The van der Waals surface area contributed by atoms with Crippen LogP contribution in [0.25, 0.3) is 11.0 Å². The number of unbranched alkanes of at least 4 members (excludes halogenated alkanes) is 1. The van der Waals surface area contributed by atoms with Gasteiger partial charge in [-0.15, -0.1) is 0 Å². The molecule has 0 bridgehead atoms. The summed E-state index contributed by atoms with van der Waals surface area (Å²) < 4.78 is 13.2. The number of hydrogen-bond donors (Lipinski definition) is 1. The van der Waals surface area contributed by atoms with Gasteiger partial charge in [0.1, 0.15) is 17.3 Å². The molecule has 0 aliphatic rings. The Morgan fingerprint density at radius 1 is 0.941 bits per heavy atom. The van der Waals surface area contributed by atoms with Gasteiger partial charge in [0.25, 0.3) is 0 Å². The molecule has 176 valence electrons. The van der Waals surface area contributed by atoms with Gasteiger partial charge in [0, 0.05) is 6.54 Å². The van der Waals surface area contributed by atoms with Crippen molar-refractivity contribution >= 4 is 16.9 Å². The van der Waals surface area contributed by atoms with Gasteiger partial charge in [-0.1, -0.05) is 42.5 Å². The third-order valence-corrected chi connectivity index (χ3v) is 5.76. The van der Waals surface area contributed by atoms with E-state index < -0.39 is 0 Å². The zero-order valence-corrected chi connectivity index (χ0v) is 19.7. The van der Waals surface area contributed by atoms with Gasteiger partial charge in [0.05, 0.1) is 37.2 Å². The predicted molar refractivity (Wildman–Crippen MR) is 134 cm³/mol. The van der Waals surface area contributed by atoms with Crippen LogP contribution in [-0.2, 0) is 17.8 Å². The monoisotopic (exact) mass is 457 g/mol. The Morgan fingerprint density at radius 2 is 1.68 bits per heavy atom. The van der Waals surface area contributed by atoms with E-state index in [-0.39, 0.29) is 11.9 Å². The van der Waals surface area contributed by atoms with Crippen LogP contribution in [0.3, 0.4) is 0 Å². The molecule has 0 aliphatic carbocycles. The van der Waals surface area contributed by atoms with Gasteiger partial charge in [-0.3, -0.25) is 4.79 Å². The van der Waals surface area contributed by atoms with Gasteiger partial charge in [-0.2, -0.15) is 0 Å². The molecule has 1 amide bonds. The number of carbonyl (C=O) groups is 1. The molecule has 1 heterocycles. The van der Waals surface area contributed by atoms with Crippen molar-refractivity contribution in [1.29, 1.82) is 0 Å². The number of carbonyl (C=O) groups excluding carboxylic acids is 1. The SMILES string of the molecule is COc1ccc(CC(=O)NC(C)c2nc3ccccc3n2CCCCOc2ccccc2)cc1. The molecule has 1 aromatic heterocycles. The highest BCUT2D eigenvalue weighted by molar-refractivity contribution is 5.79. The summed E-state index contributed by atoms with van der Waals surface area (Å²) in [5.41, 5.74) is 2.96. The molecular weight excluding hydrogens is 426 g/mol. The largest absolute Gasteiger partial charge is 0.497 e. The first kappa shape index (κ1) is 23.4. The molecule has 34 heavy (non-hydrogen) atoms. The lowest BCUT2D eigenvalue weighted by molar-refractivity contribution is -0.121. The fourth-order valence-electron chi connectivity index (χ4n) is 4.02. The first-order valence-electron chi connectivity index (χ1n) is 11.7. The second-order valence-electron chi connectivity index (χ2n) is 8.29. The van der Waals surface area contributed by atoms with Crippen LogP contribution in [0.2, 0.25) is 0 Å². The average molecular weight is 458 g/mol. The lowest BCUT2D eigenvalue weighted by Crippen LogP contribution is -2.30. The van der Waals surface area contributed by atoms with Crippen LogP contribution in [0.1, 0.15) is 37.2 Å².